The van der Waals surface area contributed by atoms with Gasteiger partial charge in [-0.1, -0.05) is 24.2 Å². The quantitative estimate of drug-likeness (QED) is 0.454. The van der Waals surface area contributed by atoms with E-state index in [1.54, 1.807) is 0 Å². The Labute approximate surface area is 84.0 Å². The molecule has 0 bridgehead atoms. The highest BCUT2D eigenvalue weighted by Crippen LogP contribution is 2.19. The number of oxime groups is 1. The van der Waals surface area contributed by atoms with Crippen molar-refractivity contribution in [2.45, 2.75) is 20.3 Å². The summed E-state index contributed by atoms with van der Waals surface area (Å²) in [6.07, 6.45) is 0.681. The van der Waals surface area contributed by atoms with Crippen LogP contribution in [0.2, 0.25) is 0 Å². The first-order valence-electron chi connectivity index (χ1n) is 4.76. The number of para-hydroxylation sites is 1. The molecular weight excluding hydrogens is 178 g/mol. The zero-order valence-electron chi connectivity index (χ0n) is 8.53. The summed E-state index contributed by atoms with van der Waals surface area (Å²) >= 11 is 0. The van der Waals surface area contributed by atoms with Crippen LogP contribution in [0.5, 0.6) is 5.75 Å². The molecule has 1 aromatic carbocycles. The van der Waals surface area contributed by atoms with E-state index >= 15 is 0 Å². The Balaban J connectivity index is 3.05. The van der Waals surface area contributed by atoms with Gasteiger partial charge in [-0.3, -0.25) is 0 Å². The predicted molar refractivity (Wildman–Crippen MR) is 56.2 cm³/mol. The molecule has 3 heteroatoms. The van der Waals surface area contributed by atoms with Crippen molar-refractivity contribution in [2.24, 2.45) is 5.16 Å². The Morgan fingerprint density at radius 2 is 2.07 bits per heavy atom. The first-order chi connectivity index (χ1) is 6.83. The molecule has 0 aromatic heterocycles. The smallest absolute Gasteiger partial charge is 0.128 e. The highest BCUT2D eigenvalue weighted by molar-refractivity contribution is 6.02. The summed E-state index contributed by atoms with van der Waals surface area (Å²) in [6, 6.07) is 7.57. The molecule has 0 radical (unpaired) electrons. The van der Waals surface area contributed by atoms with Crippen molar-refractivity contribution in [2.75, 3.05) is 6.61 Å². The van der Waals surface area contributed by atoms with E-state index in [1.807, 2.05) is 38.1 Å². The van der Waals surface area contributed by atoms with E-state index < -0.39 is 0 Å². The molecule has 0 aliphatic carbocycles. The van der Waals surface area contributed by atoms with Gasteiger partial charge in [-0.15, -0.1) is 0 Å². The van der Waals surface area contributed by atoms with Crippen LogP contribution in [0.1, 0.15) is 25.8 Å². The summed E-state index contributed by atoms with van der Waals surface area (Å²) in [7, 11) is 0. The minimum atomic E-state index is 0.611. The fourth-order valence-electron chi connectivity index (χ4n) is 1.30. The largest absolute Gasteiger partial charge is 0.493 e. The van der Waals surface area contributed by atoms with Crippen LogP contribution in [0.4, 0.5) is 0 Å². The highest BCUT2D eigenvalue weighted by Gasteiger charge is 2.07. The molecule has 0 aliphatic heterocycles. The van der Waals surface area contributed by atoms with Gasteiger partial charge in [-0.2, -0.15) is 0 Å². The lowest BCUT2D eigenvalue weighted by atomic mass is 10.1. The summed E-state index contributed by atoms with van der Waals surface area (Å²) in [5.74, 6) is 0.768. The Hall–Kier alpha value is -1.51. The summed E-state index contributed by atoms with van der Waals surface area (Å²) in [5, 5.41) is 12.1. The van der Waals surface area contributed by atoms with Crippen molar-refractivity contribution in [3.63, 3.8) is 0 Å². The second-order valence-corrected chi connectivity index (χ2v) is 2.83. The van der Waals surface area contributed by atoms with Crippen molar-refractivity contribution in [1.82, 2.24) is 0 Å². The maximum Gasteiger partial charge on any atom is 0.128 e. The third-order valence-corrected chi connectivity index (χ3v) is 1.95. The maximum atomic E-state index is 8.80. The average Bonchev–Trinajstić information content (AvgIpc) is 2.23. The van der Waals surface area contributed by atoms with E-state index in [-0.39, 0.29) is 0 Å². The second-order valence-electron chi connectivity index (χ2n) is 2.83. The zero-order chi connectivity index (χ0) is 10.4. The summed E-state index contributed by atoms with van der Waals surface area (Å²) in [6.45, 7) is 4.48. The number of nitrogens with zero attached hydrogens (tertiary/aromatic N) is 1. The first kappa shape index (κ1) is 10.6. The van der Waals surface area contributed by atoms with Crippen molar-refractivity contribution < 1.29 is 9.94 Å². The molecule has 0 fully saturated rings. The van der Waals surface area contributed by atoms with E-state index in [0.717, 1.165) is 11.3 Å². The van der Waals surface area contributed by atoms with Crippen molar-refractivity contribution >= 4 is 5.71 Å². The van der Waals surface area contributed by atoms with Gasteiger partial charge < -0.3 is 9.94 Å². The van der Waals surface area contributed by atoms with Crippen LogP contribution in [0, 0.1) is 0 Å². The molecule has 0 aliphatic rings. The van der Waals surface area contributed by atoms with Crippen LogP contribution >= 0.6 is 0 Å². The number of hydrogen-bond donors (Lipinski definition) is 1. The molecule has 14 heavy (non-hydrogen) atoms. The molecule has 1 N–H and O–H groups in total. The average molecular weight is 193 g/mol. The molecular formula is C11H15NO2. The standard InChI is InChI=1S/C11H15NO2/c1-3-10(12-13)9-7-5-6-8-11(9)14-4-2/h5-8,13H,3-4H2,1-2H3/b12-10-. The molecule has 76 valence electrons. The van der Waals surface area contributed by atoms with Crippen LogP contribution < -0.4 is 4.74 Å². The Bertz CT molecular complexity index is 321. The van der Waals surface area contributed by atoms with Crippen LogP contribution in [0.25, 0.3) is 0 Å². The van der Waals surface area contributed by atoms with Gasteiger partial charge in [0.2, 0.25) is 0 Å². The maximum absolute atomic E-state index is 8.80. The topological polar surface area (TPSA) is 41.8 Å². The van der Waals surface area contributed by atoms with Crippen molar-refractivity contribution in [3.05, 3.63) is 29.8 Å². The van der Waals surface area contributed by atoms with Gasteiger partial charge in [0.25, 0.3) is 0 Å². The molecule has 0 heterocycles. The lowest BCUT2D eigenvalue weighted by molar-refractivity contribution is 0.316. The van der Waals surface area contributed by atoms with Crippen LogP contribution in [-0.2, 0) is 0 Å². The van der Waals surface area contributed by atoms with Gasteiger partial charge in [0.1, 0.15) is 5.75 Å². The minimum Gasteiger partial charge on any atom is -0.493 e. The SMILES string of the molecule is CCOc1ccccc1/C(CC)=N\O. The fraction of sp³-hybridized carbons (Fsp3) is 0.364. The molecule has 0 atom stereocenters. The second kappa shape index (κ2) is 5.27. The first-order valence-corrected chi connectivity index (χ1v) is 4.76. The van der Waals surface area contributed by atoms with Crippen LogP contribution in [0.15, 0.2) is 29.4 Å². The van der Waals surface area contributed by atoms with E-state index in [1.165, 1.54) is 0 Å². The number of rotatable bonds is 4. The van der Waals surface area contributed by atoms with Gasteiger partial charge in [0.15, 0.2) is 0 Å². The summed E-state index contributed by atoms with van der Waals surface area (Å²) < 4.78 is 5.43. The van der Waals surface area contributed by atoms with Crippen LogP contribution in [0.3, 0.4) is 0 Å². The van der Waals surface area contributed by atoms with Crippen molar-refractivity contribution in [1.29, 1.82) is 0 Å². The van der Waals surface area contributed by atoms with E-state index in [4.69, 9.17) is 9.94 Å². The highest BCUT2D eigenvalue weighted by atomic mass is 16.5. The Morgan fingerprint density at radius 3 is 2.64 bits per heavy atom. The van der Waals surface area contributed by atoms with Gasteiger partial charge in [-0.25, -0.2) is 0 Å². The van der Waals surface area contributed by atoms with Crippen LogP contribution in [-0.4, -0.2) is 17.5 Å². The predicted octanol–water partition coefficient (Wildman–Crippen LogP) is 2.67. The molecule has 0 saturated heterocycles. The lowest BCUT2D eigenvalue weighted by Crippen LogP contribution is -2.03. The molecule has 1 rings (SSSR count). The van der Waals surface area contributed by atoms with Gasteiger partial charge in [-0.05, 0) is 25.5 Å². The van der Waals surface area contributed by atoms with Gasteiger partial charge in [0.05, 0.1) is 12.3 Å². The number of hydrogen-bond acceptors (Lipinski definition) is 3. The third-order valence-electron chi connectivity index (χ3n) is 1.95. The Kier molecular flexibility index (Phi) is 3.98. The monoisotopic (exact) mass is 193 g/mol. The van der Waals surface area contributed by atoms with E-state index in [9.17, 15) is 0 Å². The molecule has 0 unspecified atom stereocenters. The molecule has 0 spiro atoms. The fourth-order valence-corrected chi connectivity index (χ4v) is 1.30. The van der Waals surface area contributed by atoms with Gasteiger partial charge in [0, 0.05) is 5.56 Å². The van der Waals surface area contributed by atoms with Gasteiger partial charge >= 0.3 is 0 Å². The third kappa shape index (κ3) is 2.25. The summed E-state index contributed by atoms with van der Waals surface area (Å²) in [5.41, 5.74) is 1.51. The lowest BCUT2D eigenvalue weighted by Gasteiger charge is -2.09. The normalized spacial score (nSPS) is 11.4. The zero-order valence-corrected chi connectivity index (χ0v) is 8.53. The number of ether oxygens (including phenoxy) is 1. The molecule has 0 amide bonds. The minimum absolute atomic E-state index is 0.611. The molecule has 0 saturated carbocycles. The Morgan fingerprint density at radius 1 is 1.36 bits per heavy atom. The van der Waals surface area contributed by atoms with Crippen molar-refractivity contribution in [3.8, 4) is 5.75 Å². The van der Waals surface area contributed by atoms with E-state index in [0.29, 0.717) is 18.7 Å². The number of benzene rings is 1. The summed E-state index contributed by atoms with van der Waals surface area (Å²) in [4.78, 5) is 0. The molecule has 3 nitrogen and oxygen atoms in total. The van der Waals surface area contributed by atoms with E-state index in [2.05, 4.69) is 5.16 Å². The molecule has 1 aromatic rings.